The number of aliphatic hydroxyl groups excluding tert-OH is 2. The maximum Gasteiger partial charge on any atom is 0.305 e. The zero-order valence-corrected chi connectivity index (χ0v) is 27.2. The second kappa shape index (κ2) is 30.7. The number of unbranched alkanes of at least 4 members (excludes halogenated alkanes) is 5. The van der Waals surface area contributed by atoms with Gasteiger partial charge in [0, 0.05) is 12.8 Å². The van der Waals surface area contributed by atoms with Crippen molar-refractivity contribution >= 4 is 11.9 Å². The molecule has 0 aromatic carbocycles. The lowest BCUT2D eigenvalue weighted by atomic mass is 10.0. The molecule has 0 aliphatic carbocycles. The van der Waals surface area contributed by atoms with Crippen LogP contribution in [0.1, 0.15) is 117 Å². The summed E-state index contributed by atoms with van der Waals surface area (Å²) in [5.41, 5.74) is 0. The molecule has 0 fully saturated rings. The van der Waals surface area contributed by atoms with Crippen LogP contribution in [-0.4, -0.2) is 47.6 Å². The Morgan fingerprint density at radius 1 is 0.605 bits per heavy atom. The van der Waals surface area contributed by atoms with Crippen molar-refractivity contribution in [3.8, 4) is 0 Å². The zero-order valence-electron chi connectivity index (χ0n) is 27.2. The van der Waals surface area contributed by atoms with Gasteiger partial charge in [0.15, 0.2) is 0 Å². The molecule has 0 bridgehead atoms. The Bertz CT molecular complexity index is 849. The normalized spacial score (nSPS) is 14.0. The van der Waals surface area contributed by atoms with Crippen molar-refractivity contribution in [3.05, 3.63) is 72.9 Å². The monoisotopic (exact) mass is 600 g/mol. The number of hydrogen-bond acceptors (Lipinski definition) is 6. The highest BCUT2D eigenvalue weighted by Crippen LogP contribution is 2.12. The molecule has 0 aliphatic heterocycles. The molecule has 0 aliphatic rings. The molecule has 2 N–H and O–H groups in total. The highest BCUT2D eigenvalue weighted by atomic mass is 16.6. The van der Waals surface area contributed by atoms with Gasteiger partial charge >= 0.3 is 11.9 Å². The number of esters is 2. The van der Waals surface area contributed by atoms with Crippen LogP contribution in [0.25, 0.3) is 0 Å². The third kappa shape index (κ3) is 32.1. The summed E-state index contributed by atoms with van der Waals surface area (Å²) in [5, 5.41) is 20.0. The quantitative estimate of drug-likeness (QED) is 0.0424. The van der Waals surface area contributed by atoms with E-state index in [0.29, 0.717) is 6.42 Å². The van der Waals surface area contributed by atoms with Crippen LogP contribution in [0.15, 0.2) is 72.9 Å². The summed E-state index contributed by atoms with van der Waals surface area (Å²) < 4.78 is 10.1. The molecule has 0 saturated heterocycles. The zero-order chi connectivity index (χ0) is 31.8. The van der Waals surface area contributed by atoms with E-state index in [-0.39, 0.29) is 32.0 Å². The van der Waals surface area contributed by atoms with E-state index < -0.39 is 18.2 Å². The Balaban J connectivity index is 3.79. The van der Waals surface area contributed by atoms with E-state index in [9.17, 15) is 19.8 Å². The SMILES string of the molecule is CC/C=C\C/C=C\C/C=C\C/C=C\C/C=C\C=C/C(O)CCC(=O)OC[C@@H](O)COC(=O)CCCCCCCCC(C)C. The molecule has 244 valence electrons. The Labute approximate surface area is 262 Å². The van der Waals surface area contributed by atoms with Gasteiger partial charge in [-0.2, -0.15) is 0 Å². The maximum absolute atomic E-state index is 11.9. The van der Waals surface area contributed by atoms with Gasteiger partial charge < -0.3 is 19.7 Å². The second-order valence-corrected chi connectivity index (χ2v) is 11.2. The summed E-state index contributed by atoms with van der Waals surface area (Å²) in [6, 6.07) is 0. The first-order chi connectivity index (χ1) is 20.8. The molecule has 0 aromatic rings. The van der Waals surface area contributed by atoms with Crippen molar-refractivity contribution in [1.82, 2.24) is 0 Å². The first kappa shape index (κ1) is 40.3. The van der Waals surface area contributed by atoms with E-state index in [1.54, 1.807) is 12.2 Å². The van der Waals surface area contributed by atoms with E-state index in [1.165, 1.54) is 25.7 Å². The van der Waals surface area contributed by atoms with Crippen molar-refractivity contribution < 1.29 is 29.3 Å². The summed E-state index contributed by atoms with van der Waals surface area (Å²) >= 11 is 0. The lowest BCUT2D eigenvalue weighted by Crippen LogP contribution is -2.25. The van der Waals surface area contributed by atoms with Gasteiger partial charge in [-0.1, -0.05) is 132 Å². The Morgan fingerprint density at radius 3 is 1.65 bits per heavy atom. The molecule has 2 atom stereocenters. The van der Waals surface area contributed by atoms with Crippen molar-refractivity contribution in [2.45, 2.75) is 129 Å². The molecule has 0 aromatic heterocycles. The van der Waals surface area contributed by atoms with Gasteiger partial charge in [-0.3, -0.25) is 9.59 Å². The average Bonchev–Trinajstić information content (AvgIpc) is 2.98. The molecule has 0 spiro atoms. The van der Waals surface area contributed by atoms with Gasteiger partial charge in [0.25, 0.3) is 0 Å². The van der Waals surface area contributed by atoms with Crippen LogP contribution in [0.3, 0.4) is 0 Å². The first-order valence-electron chi connectivity index (χ1n) is 16.5. The van der Waals surface area contributed by atoms with Gasteiger partial charge in [-0.15, -0.1) is 0 Å². The fourth-order valence-electron chi connectivity index (χ4n) is 3.97. The lowest BCUT2D eigenvalue weighted by Gasteiger charge is -2.12. The minimum atomic E-state index is -1.06. The van der Waals surface area contributed by atoms with Gasteiger partial charge in [0.1, 0.15) is 19.3 Å². The molecular weight excluding hydrogens is 540 g/mol. The topological polar surface area (TPSA) is 93.1 Å². The number of aliphatic hydroxyl groups is 2. The molecule has 0 saturated carbocycles. The second-order valence-electron chi connectivity index (χ2n) is 11.2. The number of carbonyl (C=O) groups is 2. The van der Waals surface area contributed by atoms with E-state index >= 15 is 0 Å². The standard InChI is InChI=1S/C37H60O6/c1-4-5-6-7-8-9-10-11-12-13-14-15-16-17-21-24-27-34(38)29-30-37(41)43-32-35(39)31-42-36(40)28-25-22-19-18-20-23-26-33(2)3/h5-6,8-9,11-12,14-15,17,21,24,27,33-35,38-39H,4,7,10,13,16,18-20,22-23,25-26,28-32H2,1-3H3/b6-5-,9-8-,12-11-,15-14-,21-17-,27-24-/t34?,35-/m0/s1. The van der Waals surface area contributed by atoms with Gasteiger partial charge in [0.2, 0.25) is 0 Å². The summed E-state index contributed by atoms with van der Waals surface area (Å²) in [6.45, 7) is 6.19. The van der Waals surface area contributed by atoms with Crippen LogP contribution in [0.5, 0.6) is 0 Å². The number of rotatable bonds is 27. The summed E-state index contributed by atoms with van der Waals surface area (Å²) in [7, 11) is 0. The van der Waals surface area contributed by atoms with Crippen LogP contribution < -0.4 is 0 Å². The van der Waals surface area contributed by atoms with Crippen molar-refractivity contribution in [1.29, 1.82) is 0 Å². The number of allylic oxidation sites excluding steroid dienone is 11. The Morgan fingerprint density at radius 2 is 1.09 bits per heavy atom. The predicted molar refractivity (Wildman–Crippen MR) is 179 cm³/mol. The molecule has 1 unspecified atom stereocenters. The van der Waals surface area contributed by atoms with Gasteiger partial charge in [0.05, 0.1) is 6.10 Å². The first-order valence-corrected chi connectivity index (χ1v) is 16.5. The fraction of sp³-hybridized carbons (Fsp3) is 0.622. The fourth-order valence-corrected chi connectivity index (χ4v) is 3.97. The van der Waals surface area contributed by atoms with Crippen LogP contribution in [0.4, 0.5) is 0 Å². The van der Waals surface area contributed by atoms with E-state index in [0.717, 1.165) is 57.3 Å². The molecule has 0 rings (SSSR count). The molecule has 0 heterocycles. The third-order valence-electron chi connectivity index (χ3n) is 6.50. The predicted octanol–water partition coefficient (Wildman–Crippen LogP) is 8.66. The van der Waals surface area contributed by atoms with E-state index in [2.05, 4.69) is 69.4 Å². The van der Waals surface area contributed by atoms with E-state index in [1.807, 2.05) is 12.2 Å². The summed E-state index contributed by atoms with van der Waals surface area (Å²) in [6.07, 6.45) is 35.9. The van der Waals surface area contributed by atoms with Gasteiger partial charge in [-0.05, 0) is 50.9 Å². The Kier molecular flexibility index (Phi) is 28.8. The lowest BCUT2D eigenvalue weighted by molar-refractivity contribution is -0.152. The molecule has 0 radical (unpaired) electrons. The Hall–Kier alpha value is -2.70. The largest absolute Gasteiger partial charge is 0.463 e. The number of ether oxygens (including phenoxy) is 2. The van der Waals surface area contributed by atoms with Crippen molar-refractivity contribution in [3.63, 3.8) is 0 Å². The van der Waals surface area contributed by atoms with Crippen LogP contribution >= 0.6 is 0 Å². The van der Waals surface area contributed by atoms with Crippen LogP contribution in [-0.2, 0) is 19.1 Å². The molecular formula is C37H60O6. The highest BCUT2D eigenvalue weighted by Gasteiger charge is 2.13. The van der Waals surface area contributed by atoms with Crippen molar-refractivity contribution in [2.75, 3.05) is 13.2 Å². The van der Waals surface area contributed by atoms with Crippen LogP contribution in [0, 0.1) is 5.92 Å². The maximum atomic E-state index is 11.9. The summed E-state index contributed by atoms with van der Waals surface area (Å²) in [5.74, 6) is -0.0936. The van der Waals surface area contributed by atoms with Gasteiger partial charge in [-0.25, -0.2) is 0 Å². The number of hydrogen-bond donors (Lipinski definition) is 2. The van der Waals surface area contributed by atoms with Crippen molar-refractivity contribution in [2.24, 2.45) is 5.92 Å². The molecule has 6 heteroatoms. The van der Waals surface area contributed by atoms with Crippen LogP contribution in [0.2, 0.25) is 0 Å². The molecule has 43 heavy (non-hydrogen) atoms. The summed E-state index contributed by atoms with van der Waals surface area (Å²) in [4.78, 5) is 23.7. The minimum Gasteiger partial charge on any atom is -0.463 e. The average molecular weight is 601 g/mol. The minimum absolute atomic E-state index is 0.0289. The highest BCUT2D eigenvalue weighted by molar-refractivity contribution is 5.69. The van der Waals surface area contributed by atoms with E-state index in [4.69, 9.17) is 9.47 Å². The number of carbonyl (C=O) groups excluding carboxylic acids is 2. The molecule has 0 amide bonds. The third-order valence-corrected chi connectivity index (χ3v) is 6.50. The smallest absolute Gasteiger partial charge is 0.305 e. The molecule has 6 nitrogen and oxygen atoms in total.